The summed E-state index contributed by atoms with van der Waals surface area (Å²) in [6.07, 6.45) is 2.25. The van der Waals surface area contributed by atoms with Gasteiger partial charge in [0.1, 0.15) is 17.1 Å². The van der Waals surface area contributed by atoms with Gasteiger partial charge in [-0.2, -0.15) is 0 Å². The molecule has 0 unspecified atom stereocenters. The standard InChI is InChI=1S/C26H30ClFN2O4/c1-30(25(33)34-22-12-10-21(28)11-13-22)26(24(32)19-4-2-17(15-31)3-5-19)16-29-14-23(26)18-6-8-20(27)9-7-18/h6-13,17,19,23,29,31H,2-5,14-16H2,1H3/t17?,19?,23-,26+/m0/s1. The molecule has 2 aliphatic rings. The smallest absolute Gasteiger partial charge is 0.410 e. The lowest BCUT2D eigenvalue weighted by Gasteiger charge is -2.43. The van der Waals surface area contributed by atoms with Crippen LogP contribution in [0.2, 0.25) is 5.02 Å². The lowest BCUT2D eigenvalue weighted by molar-refractivity contribution is -0.135. The van der Waals surface area contributed by atoms with Crippen molar-refractivity contribution in [3.63, 3.8) is 0 Å². The van der Waals surface area contributed by atoms with Gasteiger partial charge in [-0.3, -0.25) is 9.69 Å². The molecule has 8 heteroatoms. The van der Waals surface area contributed by atoms with Crippen LogP contribution in [0.15, 0.2) is 48.5 Å². The van der Waals surface area contributed by atoms with Crippen LogP contribution in [-0.4, -0.2) is 54.2 Å². The Morgan fingerprint density at radius 1 is 1.12 bits per heavy atom. The first-order valence-corrected chi connectivity index (χ1v) is 12.1. The number of hydrogen-bond acceptors (Lipinski definition) is 5. The number of likely N-dealkylation sites (N-methyl/N-ethyl adjacent to an activating group) is 1. The number of carbonyl (C=O) groups excluding carboxylic acids is 2. The first-order chi connectivity index (χ1) is 16.3. The molecule has 2 aromatic rings. The van der Waals surface area contributed by atoms with Crippen LogP contribution in [0, 0.1) is 17.7 Å². The van der Waals surface area contributed by atoms with Gasteiger partial charge in [0.05, 0.1) is 0 Å². The molecular formula is C26H30ClFN2O4. The van der Waals surface area contributed by atoms with E-state index in [4.69, 9.17) is 16.3 Å². The summed E-state index contributed by atoms with van der Waals surface area (Å²) in [6, 6.07) is 12.6. The fourth-order valence-corrected chi connectivity index (χ4v) is 5.49. The summed E-state index contributed by atoms with van der Waals surface area (Å²) >= 11 is 6.10. The number of carbonyl (C=O) groups is 2. The van der Waals surface area contributed by atoms with E-state index < -0.39 is 17.4 Å². The van der Waals surface area contributed by atoms with Crippen LogP contribution in [-0.2, 0) is 4.79 Å². The quantitative estimate of drug-likeness (QED) is 0.630. The number of benzene rings is 2. The molecule has 2 fully saturated rings. The van der Waals surface area contributed by atoms with Crippen LogP contribution < -0.4 is 10.1 Å². The van der Waals surface area contributed by atoms with Gasteiger partial charge in [0.25, 0.3) is 0 Å². The fourth-order valence-electron chi connectivity index (χ4n) is 5.36. The second kappa shape index (κ2) is 10.4. The van der Waals surface area contributed by atoms with Gasteiger partial charge in [-0.15, -0.1) is 0 Å². The number of Topliss-reactive ketones (excluding diaryl/α,β-unsaturated/α-hetero) is 1. The Morgan fingerprint density at radius 2 is 1.76 bits per heavy atom. The van der Waals surface area contributed by atoms with E-state index >= 15 is 0 Å². The maximum atomic E-state index is 14.2. The zero-order chi connectivity index (χ0) is 24.3. The average Bonchev–Trinajstić information content (AvgIpc) is 3.31. The van der Waals surface area contributed by atoms with E-state index in [2.05, 4.69) is 5.32 Å². The molecule has 1 aliphatic carbocycles. The zero-order valence-electron chi connectivity index (χ0n) is 19.2. The number of hydrogen-bond donors (Lipinski definition) is 2. The van der Waals surface area contributed by atoms with Crippen molar-refractivity contribution in [2.75, 3.05) is 26.7 Å². The van der Waals surface area contributed by atoms with Crippen LogP contribution in [0.25, 0.3) is 0 Å². The Balaban J connectivity index is 1.67. The molecule has 34 heavy (non-hydrogen) atoms. The molecule has 1 amide bonds. The SMILES string of the molecule is CN(C(=O)Oc1ccc(F)cc1)[C@]1(C(=O)C2CCC(CO)CC2)CNC[C@H]1c1ccc(Cl)cc1. The van der Waals surface area contributed by atoms with E-state index in [9.17, 15) is 19.1 Å². The van der Waals surface area contributed by atoms with Gasteiger partial charge in [0.15, 0.2) is 5.78 Å². The second-order valence-electron chi connectivity index (χ2n) is 9.30. The van der Waals surface area contributed by atoms with Gasteiger partial charge in [-0.25, -0.2) is 9.18 Å². The third kappa shape index (κ3) is 4.83. The van der Waals surface area contributed by atoms with Gasteiger partial charge >= 0.3 is 6.09 Å². The van der Waals surface area contributed by atoms with E-state index in [1.165, 1.54) is 29.2 Å². The maximum absolute atomic E-state index is 14.2. The third-order valence-corrected chi connectivity index (χ3v) is 7.64. The summed E-state index contributed by atoms with van der Waals surface area (Å²) < 4.78 is 18.8. The summed E-state index contributed by atoms with van der Waals surface area (Å²) in [6.45, 7) is 0.951. The normalized spacial score (nSPS) is 26.8. The highest BCUT2D eigenvalue weighted by Crippen LogP contribution is 2.42. The molecular weight excluding hydrogens is 459 g/mol. The molecule has 0 aromatic heterocycles. The van der Waals surface area contributed by atoms with Crippen LogP contribution >= 0.6 is 11.6 Å². The molecule has 2 aromatic carbocycles. The molecule has 2 N–H and O–H groups in total. The van der Waals surface area contributed by atoms with Gasteiger partial charge in [-0.1, -0.05) is 23.7 Å². The predicted molar refractivity (Wildman–Crippen MR) is 128 cm³/mol. The first-order valence-electron chi connectivity index (χ1n) is 11.7. The Morgan fingerprint density at radius 3 is 2.38 bits per heavy atom. The van der Waals surface area contributed by atoms with E-state index in [0.717, 1.165) is 18.4 Å². The Kier molecular flexibility index (Phi) is 7.55. The lowest BCUT2D eigenvalue weighted by Crippen LogP contribution is -2.62. The summed E-state index contributed by atoms with van der Waals surface area (Å²) in [5, 5.41) is 13.4. The third-order valence-electron chi connectivity index (χ3n) is 7.39. The van der Waals surface area contributed by atoms with Crippen molar-refractivity contribution in [3.05, 3.63) is 64.9 Å². The van der Waals surface area contributed by atoms with Crippen molar-refractivity contribution in [2.45, 2.75) is 37.1 Å². The minimum Gasteiger partial charge on any atom is -0.410 e. The molecule has 0 radical (unpaired) electrons. The summed E-state index contributed by atoms with van der Waals surface area (Å²) in [5.74, 6) is -0.501. The summed E-state index contributed by atoms with van der Waals surface area (Å²) in [4.78, 5) is 28.9. The molecule has 0 bridgehead atoms. The van der Waals surface area contributed by atoms with Crippen molar-refractivity contribution in [2.24, 2.45) is 11.8 Å². The van der Waals surface area contributed by atoms with E-state index in [-0.39, 0.29) is 35.9 Å². The Hall–Kier alpha value is -2.48. The van der Waals surface area contributed by atoms with Gasteiger partial charge < -0.3 is 15.2 Å². The van der Waals surface area contributed by atoms with Crippen LogP contribution in [0.5, 0.6) is 5.75 Å². The summed E-state index contributed by atoms with van der Waals surface area (Å²) in [5.41, 5.74) is -0.241. The zero-order valence-corrected chi connectivity index (χ0v) is 19.9. The highest BCUT2D eigenvalue weighted by molar-refractivity contribution is 6.30. The lowest BCUT2D eigenvalue weighted by atomic mass is 9.69. The van der Waals surface area contributed by atoms with Crippen molar-refractivity contribution >= 4 is 23.5 Å². The summed E-state index contributed by atoms with van der Waals surface area (Å²) in [7, 11) is 1.60. The van der Waals surface area contributed by atoms with Crippen molar-refractivity contribution in [3.8, 4) is 5.75 Å². The molecule has 4 rings (SSSR count). The van der Waals surface area contributed by atoms with Crippen molar-refractivity contribution < 1.29 is 23.8 Å². The van der Waals surface area contributed by atoms with Crippen LogP contribution in [0.3, 0.4) is 0 Å². The van der Waals surface area contributed by atoms with E-state index in [0.29, 0.717) is 31.0 Å². The van der Waals surface area contributed by atoms with Gasteiger partial charge in [-0.05, 0) is 73.6 Å². The highest BCUT2D eigenvalue weighted by atomic mass is 35.5. The van der Waals surface area contributed by atoms with Crippen molar-refractivity contribution in [1.82, 2.24) is 10.2 Å². The fraction of sp³-hybridized carbons (Fsp3) is 0.462. The number of nitrogens with one attached hydrogen (secondary N) is 1. The number of aliphatic hydroxyl groups excluding tert-OH is 1. The van der Waals surface area contributed by atoms with Gasteiger partial charge in [0.2, 0.25) is 0 Å². The van der Waals surface area contributed by atoms with E-state index in [1.54, 1.807) is 19.2 Å². The minimum absolute atomic E-state index is 0.00685. The highest BCUT2D eigenvalue weighted by Gasteiger charge is 2.56. The minimum atomic E-state index is -1.15. The Labute approximate surface area is 204 Å². The maximum Gasteiger partial charge on any atom is 0.415 e. The largest absolute Gasteiger partial charge is 0.415 e. The van der Waals surface area contributed by atoms with Gasteiger partial charge in [0, 0.05) is 43.6 Å². The molecule has 0 spiro atoms. The Bertz CT molecular complexity index is 1010. The second-order valence-corrected chi connectivity index (χ2v) is 9.74. The number of aliphatic hydroxyl groups is 1. The molecule has 1 aliphatic heterocycles. The molecule has 6 nitrogen and oxygen atoms in total. The molecule has 2 atom stereocenters. The molecule has 1 heterocycles. The number of ether oxygens (including phenoxy) is 1. The molecule has 182 valence electrons. The van der Waals surface area contributed by atoms with Crippen LogP contribution in [0.4, 0.5) is 9.18 Å². The van der Waals surface area contributed by atoms with Crippen molar-refractivity contribution in [1.29, 1.82) is 0 Å². The van der Waals surface area contributed by atoms with Crippen LogP contribution in [0.1, 0.15) is 37.2 Å². The number of nitrogens with zero attached hydrogens (tertiary/aromatic N) is 1. The number of rotatable bonds is 6. The molecule has 1 saturated heterocycles. The number of halogens is 2. The topological polar surface area (TPSA) is 78.9 Å². The predicted octanol–water partition coefficient (Wildman–Crippen LogP) is 4.40. The monoisotopic (exact) mass is 488 g/mol. The number of ketones is 1. The van der Waals surface area contributed by atoms with E-state index in [1.807, 2.05) is 12.1 Å². The number of amides is 1. The molecule has 1 saturated carbocycles. The first kappa shape index (κ1) is 24.6. The average molecular weight is 489 g/mol.